The zero-order valence-corrected chi connectivity index (χ0v) is 11.6. The van der Waals surface area contributed by atoms with Crippen molar-refractivity contribution in [2.75, 3.05) is 13.7 Å². The molecule has 3 N–H and O–H groups in total. The number of carbonyl (C=O) groups is 1. The molecule has 0 aliphatic rings. The highest BCUT2D eigenvalue weighted by Crippen LogP contribution is 2.26. The van der Waals surface area contributed by atoms with Crippen molar-refractivity contribution in [3.05, 3.63) is 28.2 Å². The van der Waals surface area contributed by atoms with Crippen molar-refractivity contribution in [1.82, 2.24) is 5.32 Å². The van der Waals surface area contributed by atoms with Gasteiger partial charge in [-0.05, 0) is 40.7 Å². The lowest BCUT2D eigenvalue weighted by molar-refractivity contribution is -0.122. The predicted molar refractivity (Wildman–Crippen MR) is 70.8 cm³/mol. The summed E-state index contributed by atoms with van der Waals surface area (Å²) in [5.74, 6) is 0.0739. The highest BCUT2D eigenvalue weighted by atomic mass is 79.9. The van der Waals surface area contributed by atoms with Crippen molar-refractivity contribution in [3.63, 3.8) is 0 Å². The SMILES string of the molecule is CNCc1ccc(OCC(C)C(N)=O)c(Br)c1. The Hall–Kier alpha value is -1.07. The van der Waals surface area contributed by atoms with E-state index >= 15 is 0 Å². The Balaban J connectivity index is 2.63. The van der Waals surface area contributed by atoms with Crippen LogP contribution >= 0.6 is 15.9 Å². The number of hydrogen-bond acceptors (Lipinski definition) is 3. The number of benzene rings is 1. The summed E-state index contributed by atoms with van der Waals surface area (Å²) in [6, 6.07) is 5.84. The zero-order valence-electron chi connectivity index (χ0n) is 10.00. The molecular weight excluding hydrogens is 284 g/mol. The first-order chi connectivity index (χ1) is 8.04. The Morgan fingerprint density at radius 3 is 2.82 bits per heavy atom. The number of primary amides is 1. The van der Waals surface area contributed by atoms with Crippen LogP contribution in [-0.2, 0) is 11.3 Å². The van der Waals surface area contributed by atoms with Crippen molar-refractivity contribution in [3.8, 4) is 5.75 Å². The topological polar surface area (TPSA) is 64.3 Å². The van der Waals surface area contributed by atoms with Crippen LogP contribution in [0.5, 0.6) is 5.75 Å². The first-order valence-electron chi connectivity index (χ1n) is 5.39. The number of carbonyl (C=O) groups excluding carboxylic acids is 1. The van der Waals surface area contributed by atoms with Crippen molar-refractivity contribution in [1.29, 1.82) is 0 Å². The van der Waals surface area contributed by atoms with E-state index in [2.05, 4.69) is 21.2 Å². The van der Waals surface area contributed by atoms with E-state index in [1.807, 2.05) is 25.2 Å². The van der Waals surface area contributed by atoms with Gasteiger partial charge >= 0.3 is 0 Å². The number of nitrogens with two attached hydrogens (primary N) is 1. The molecule has 0 fully saturated rings. The van der Waals surface area contributed by atoms with Crippen LogP contribution in [0, 0.1) is 5.92 Å². The monoisotopic (exact) mass is 300 g/mol. The van der Waals surface area contributed by atoms with Crippen molar-refractivity contribution < 1.29 is 9.53 Å². The molecule has 1 aromatic rings. The minimum Gasteiger partial charge on any atom is -0.492 e. The summed E-state index contributed by atoms with van der Waals surface area (Å²) in [5, 5.41) is 3.07. The summed E-state index contributed by atoms with van der Waals surface area (Å²) in [7, 11) is 1.90. The van der Waals surface area contributed by atoms with Gasteiger partial charge in [0.2, 0.25) is 5.91 Å². The van der Waals surface area contributed by atoms with Crippen LogP contribution in [0.1, 0.15) is 12.5 Å². The number of nitrogens with one attached hydrogen (secondary N) is 1. The molecule has 0 aliphatic carbocycles. The van der Waals surface area contributed by atoms with Crippen LogP contribution in [-0.4, -0.2) is 19.6 Å². The molecule has 1 aromatic carbocycles. The lowest BCUT2D eigenvalue weighted by Crippen LogP contribution is -2.25. The molecule has 0 bridgehead atoms. The minimum absolute atomic E-state index is 0.291. The average molecular weight is 301 g/mol. The maximum atomic E-state index is 10.9. The Bertz CT molecular complexity index is 396. The average Bonchev–Trinajstić information content (AvgIpc) is 2.27. The maximum absolute atomic E-state index is 10.9. The number of hydrogen-bond donors (Lipinski definition) is 2. The van der Waals surface area contributed by atoms with Crippen LogP contribution in [0.4, 0.5) is 0 Å². The number of ether oxygens (including phenoxy) is 1. The largest absolute Gasteiger partial charge is 0.492 e. The van der Waals surface area contributed by atoms with Gasteiger partial charge in [-0.1, -0.05) is 13.0 Å². The molecular formula is C12H17BrN2O2. The van der Waals surface area contributed by atoms with Crippen LogP contribution < -0.4 is 15.8 Å². The van der Waals surface area contributed by atoms with E-state index in [1.165, 1.54) is 0 Å². The molecule has 1 atom stereocenters. The lowest BCUT2D eigenvalue weighted by atomic mass is 10.2. The van der Waals surface area contributed by atoms with Crippen molar-refractivity contribution in [2.45, 2.75) is 13.5 Å². The summed E-state index contributed by atoms with van der Waals surface area (Å²) in [6.07, 6.45) is 0. The summed E-state index contributed by atoms with van der Waals surface area (Å²) in [6.45, 7) is 2.83. The molecule has 1 unspecified atom stereocenters. The molecule has 5 heteroatoms. The van der Waals surface area contributed by atoms with Crippen molar-refractivity contribution >= 4 is 21.8 Å². The first kappa shape index (κ1) is 14.0. The van der Waals surface area contributed by atoms with Crippen LogP contribution in [0.3, 0.4) is 0 Å². The van der Waals surface area contributed by atoms with Gasteiger partial charge in [-0.2, -0.15) is 0 Å². The molecule has 0 aliphatic heterocycles. The van der Waals surface area contributed by atoms with Crippen molar-refractivity contribution in [2.24, 2.45) is 11.7 Å². The van der Waals surface area contributed by atoms with E-state index in [0.717, 1.165) is 22.3 Å². The molecule has 1 amide bonds. The number of rotatable bonds is 6. The first-order valence-corrected chi connectivity index (χ1v) is 6.19. The quantitative estimate of drug-likeness (QED) is 0.840. The maximum Gasteiger partial charge on any atom is 0.223 e. The van der Waals surface area contributed by atoms with Gasteiger partial charge in [0.25, 0.3) is 0 Å². The van der Waals surface area contributed by atoms with Gasteiger partial charge in [-0.15, -0.1) is 0 Å². The normalized spacial score (nSPS) is 12.2. The van der Waals surface area contributed by atoms with Gasteiger partial charge in [0.05, 0.1) is 17.0 Å². The highest BCUT2D eigenvalue weighted by Gasteiger charge is 2.10. The third-order valence-corrected chi connectivity index (χ3v) is 2.97. The summed E-state index contributed by atoms with van der Waals surface area (Å²) in [5.41, 5.74) is 6.32. The fourth-order valence-electron chi connectivity index (χ4n) is 1.27. The molecule has 0 spiro atoms. The lowest BCUT2D eigenvalue weighted by Gasteiger charge is -2.12. The smallest absolute Gasteiger partial charge is 0.223 e. The van der Waals surface area contributed by atoms with E-state index in [9.17, 15) is 4.79 Å². The van der Waals surface area contributed by atoms with E-state index in [4.69, 9.17) is 10.5 Å². The Morgan fingerprint density at radius 2 is 2.29 bits per heavy atom. The molecule has 4 nitrogen and oxygen atoms in total. The summed E-state index contributed by atoms with van der Waals surface area (Å²) >= 11 is 3.44. The third kappa shape index (κ3) is 4.36. The van der Waals surface area contributed by atoms with E-state index in [1.54, 1.807) is 6.92 Å². The number of halogens is 1. The van der Waals surface area contributed by atoms with Gasteiger partial charge in [0.15, 0.2) is 0 Å². The van der Waals surface area contributed by atoms with E-state index in [-0.39, 0.29) is 11.8 Å². The number of amides is 1. The predicted octanol–water partition coefficient (Wildman–Crippen LogP) is 1.67. The fourth-order valence-corrected chi connectivity index (χ4v) is 1.81. The van der Waals surface area contributed by atoms with Gasteiger partial charge in [0, 0.05) is 6.54 Å². The zero-order chi connectivity index (χ0) is 12.8. The molecule has 0 radical (unpaired) electrons. The molecule has 0 saturated heterocycles. The van der Waals surface area contributed by atoms with E-state index < -0.39 is 0 Å². The summed E-state index contributed by atoms with van der Waals surface area (Å²) < 4.78 is 6.40. The standard InChI is InChI=1S/C12H17BrN2O2/c1-8(12(14)16)7-17-11-4-3-9(6-15-2)5-10(11)13/h3-5,8,15H,6-7H2,1-2H3,(H2,14,16). The Labute approximate surface area is 110 Å². The molecule has 94 valence electrons. The van der Waals surface area contributed by atoms with Gasteiger partial charge in [-0.25, -0.2) is 0 Å². The van der Waals surface area contributed by atoms with Gasteiger partial charge < -0.3 is 15.8 Å². The molecule has 0 heterocycles. The minimum atomic E-state index is -0.354. The van der Waals surface area contributed by atoms with E-state index in [0.29, 0.717) is 6.61 Å². The molecule has 17 heavy (non-hydrogen) atoms. The fraction of sp³-hybridized carbons (Fsp3) is 0.417. The molecule has 0 saturated carbocycles. The second-order valence-corrected chi connectivity index (χ2v) is 4.76. The van der Waals surface area contributed by atoms with Crippen LogP contribution in [0.2, 0.25) is 0 Å². The second-order valence-electron chi connectivity index (χ2n) is 3.91. The summed E-state index contributed by atoms with van der Waals surface area (Å²) in [4.78, 5) is 10.9. The van der Waals surface area contributed by atoms with Gasteiger partial charge in [-0.3, -0.25) is 4.79 Å². The van der Waals surface area contributed by atoms with Gasteiger partial charge in [0.1, 0.15) is 5.75 Å². The third-order valence-electron chi connectivity index (χ3n) is 2.35. The Kier molecular flexibility index (Phi) is 5.44. The highest BCUT2D eigenvalue weighted by molar-refractivity contribution is 9.10. The molecule has 1 rings (SSSR count). The molecule has 0 aromatic heterocycles. The second kappa shape index (κ2) is 6.61. The van der Waals surface area contributed by atoms with Crippen LogP contribution in [0.15, 0.2) is 22.7 Å². The Morgan fingerprint density at radius 1 is 1.59 bits per heavy atom. The van der Waals surface area contributed by atoms with Crippen LogP contribution in [0.25, 0.3) is 0 Å².